The second-order valence-electron chi connectivity index (χ2n) is 3.30. The summed E-state index contributed by atoms with van der Waals surface area (Å²) in [5.41, 5.74) is 0.546. The molecule has 17 heavy (non-hydrogen) atoms. The topological polar surface area (TPSA) is 78.1 Å². The second-order valence-corrected chi connectivity index (χ2v) is 5.17. The number of rotatable bonds is 5. The van der Waals surface area contributed by atoms with Gasteiger partial charge in [-0.25, -0.2) is 0 Å². The van der Waals surface area contributed by atoms with E-state index < -0.39 is 22.9 Å². The van der Waals surface area contributed by atoms with E-state index in [4.69, 9.17) is 0 Å². The van der Waals surface area contributed by atoms with Gasteiger partial charge in [0, 0.05) is 25.4 Å². The molecule has 0 unspecified atom stereocenters. The maximum absolute atomic E-state index is 11.9. The normalized spacial score (nSPS) is 13.2. The van der Waals surface area contributed by atoms with Crippen LogP contribution in [0.3, 0.4) is 0 Å². The molecule has 2 N–H and O–H groups in total. The Kier molecular flexibility index (Phi) is 4.11. The molecule has 0 spiro atoms. The molecular weight excluding hydrogens is 261 g/mol. The summed E-state index contributed by atoms with van der Waals surface area (Å²) in [4.78, 5) is 0. The van der Waals surface area contributed by atoms with E-state index >= 15 is 0 Å². The highest BCUT2D eigenvalue weighted by Crippen LogP contribution is 2.13. The first kappa shape index (κ1) is 13.9. The largest absolute Gasteiger partial charge is 0.402 e. The SMILES string of the molecule is CN(Cc1cn[nH]c1)S(=O)(=O)NCC(F)(F)F. The van der Waals surface area contributed by atoms with Gasteiger partial charge < -0.3 is 0 Å². The van der Waals surface area contributed by atoms with Crippen molar-refractivity contribution in [3.05, 3.63) is 18.0 Å². The predicted octanol–water partition coefficient (Wildman–Crippen LogP) is 0.238. The smallest absolute Gasteiger partial charge is 0.285 e. The van der Waals surface area contributed by atoms with Crippen LogP contribution < -0.4 is 4.72 Å². The summed E-state index contributed by atoms with van der Waals surface area (Å²) in [7, 11) is -2.98. The molecule has 0 saturated heterocycles. The van der Waals surface area contributed by atoms with Crippen molar-refractivity contribution in [1.29, 1.82) is 0 Å². The van der Waals surface area contributed by atoms with Gasteiger partial charge in [-0.1, -0.05) is 0 Å². The summed E-state index contributed by atoms with van der Waals surface area (Å²) in [6.07, 6.45) is -1.74. The molecule has 0 atom stereocenters. The van der Waals surface area contributed by atoms with Crippen molar-refractivity contribution in [3.8, 4) is 0 Å². The van der Waals surface area contributed by atoms with Crippen LogP contribution in [0, 0.1) is 0 Å². The number of alkyl halides is 3. The van der Waals surface area contributed by atoms with Crippen LogP contribution in [0.2, 0.25) is 0 Å². The summed E-state index contributed by atoms with van der Waals surface area (Å²) in [5.74, 6) is 0. The van der Waals surface area contributed by atoms with Gasteiger partial charge in [-0.3, -0.25) is 5.10 Å². The van der Waals surface area contributed by atoms with Crippen LogP contribution in [0.25, 0.3) is 0 Å². The van der Waals surface area contributed by atoms with Crippen LogP contribution >= 0.6 is 0 Å². The van der Waals surface area contributed by atoms with Crippen LogP contribution in [0.15, 0.2) is 12.4 Å². The Hall–Kier alpha value is -1.13. The van der Waals surface area contributed by atoms with Gasteiger partial charge in [0.15, 0.2) is 0 Å². The number of aromatic nitrogens is 2. The van der Waals surface area contributed by atoms with Crippen molar-refractivity contribution in [2.45, 2.75) is 12.7 Å². The minimum atomic E-state index is -4.58. The number of hydrogen-bond donors (Lipinski definition) is 2. The van der Waals surface area contributed by atoms with Crippen molar-refractivity contribution >= 4 is 10.2 Å². The summed E-state index contributed by atoms with van der Waals surface area (Å²) in [6.45, 7) is -1.66. The lowest BCUT2D eigenvalue weighted by Crippen LogP contribution is -2.42. The van der Waals surface area contributed by atoms with E-state index in [1.54, 1.807) is 0 Å². The number of halogens is 3. The first-order valence-electron chi connectivity index (χ1n) is 4.46. The Balaban J connectivity index is 2.58. The van der Waals surface area contributed by atoms with E-state index in [1.807, 2.05) is 0 Å². The van der Waals surface area contributed by atoms with Crippen molar-refractivity contribution < 1.29 is 21.6 Å². The van der Waals surface area contributed by atoms with Crippen LogP contribution in [0.5, 0.6) is 0 Å². The fourth-order valence-corrected chi connectivity index (χ4v) is 1.87. The van der Waals surface area contributed by atoms with Crippen LogP contribution in [0.4, 0.5) is 13.2 Å². The van der Waals surface area contributed by atoms with Crippen molar-refractivity contribution in [3.63, 3.8) is 0 Å². The molecule has 0 fully saturated rings. The highest BCUT2D eigenvalue weighted by molar-refractivity contribution is 7.87. The number of H-pyrrole nitrogens is 1. The molecule has 1 aromatic rings. The molecule has 0 aliphatic carbocycles. The molecule has 0 aliphatic heterocycles. The predicted molar refractivity (Wildman–Crippen MR) is 53.0 cm³/mol. The zero-order chi connectivity index (χ0) is 13.1. The molecule has 98 valence electrons. The maximum atomic E-state index is 11.9. The van der Waals surface area contributed by atoms with Crippen LogP contribution in [0.1, 0.15) is 5.56 Å². The highest BCUT2D eigenvalue weighted by atomic mass is 32.2. The summed E-state index contributed by atoms with van der Waals surface area (Å²) in [5, 5.41) is 6.07. The van der Waals surface area contributed by atoms with Gasteiger partial charge in [-0.2, -0.15) is 35.7 Å². The van der Waals surface area contributed by atoms with Crippen molar-refractivity contribution in [2.75, 3.05) is 13.6 Å². The zero-order valence-electron chi connectivity index (χ0n) is 8.82. The minimum Gasteiger partial charge on any atom is -0.285 e. The van der Waals surface area contributed by atoms with Gasteiger partial charge in [-0.15, -0.1) is 0 Å². The molecule has 0 saturated carbocycles. The lowest BCUT2D eigenvalue weighted by atomic mass is 10.4. The fourth-order valence-electron chi connectivity index (χ4n) is 0.989. The third-order valence-electron chi connectivity index (χ3n) is 1.83. The van der Waals surface area contributed by atoms with Crippen LogP contribution in [-0.4, -0.2) is 42.7 Å². The molecule has 0 aliphatic rings. The lowest BCUT2D eigenvalue weighted by molar-refractivity contribution is -0.121. The first-order chi connectivity index (χ1) is 7.71. The van der Waals surface area contributed by atoms with Crippen LogP contribution in [-0.2, 0) is 16.8 Å². The highest BCUT2D eigenvalue weighted by Gasteiger charge is 2.30. The molecule has 0 aromatic carbocycles. The summed E-state index contributed by atoms with van der Waals surface area (Å²) < 4.78 is 60.6. The number of hydrogen-bond acceptors (Lipinski definition) is 3. The Bertz CT molecular complexity index is 442. The summed E-state index contributed by atoms with van der Waals surface area (Å²) >= 11 is 0. The monoisotopic (exact) mass is 272 g/mol. The molecule has 1 aromatic heterocycles. The molecule has 0 bridgehead atoms. The van der Waals surface area contributed by atoms with Gasteiger partial charge in [-0.05, 0) is 0 Å². The average molecular weight is 272 g/mol. The Morgan fingerprint density at radius 1 is 1.53 bits per heavy atom. The molecule has 1 heterocycles. The second kappa shape index (κ2) is 5.02. The molecule has 1 rings (SSSR count). The Morgan fingerprint density at radius 2 is 2.18 bits per heavy atom. The minimum absolute atomic E-state index is 0.0658. The molecular formula is C7H11F3N4O2S. The third-order valence-corrected chi connectivity index (χ3v) is 3.28. The summed E-state index contributed by atoms with van der Waals surface area (Å²) in [6, 6.07) is 0. The zero-order valence-corrected chi connectivity index (χ0v) is 9.64. The van der Waals surface area contributed by atoms with Crippen molar-refractivity contribution in [1.82, 2.24) is 19.2 Å². The average Bonchev–Trinajstić information content (AvgIpc) is 2.66. The van der Waals surface area contributed by atoms with E-state index in [-0.39, 0.29) is 6.54 Å². The molecule has 10 heteroatoms. The lowest BCUT2D eigenvalue weighted by Gasteiger charge is -2.17. The van der Waals surface area contributed by atoms with E-state index in [0.29, 0.717) is 5.56 Å². The fraction of sp³-hybridized carbons (Fsp3) is 0.571. The quantitative estimate of drug-likeness (QED) is 0.806. The van der Waals surface area contributed by atoms with E-state index in [2.05, 4.69) is 10.2 Å². The molecule has 0 radical (unpaired) electrons. The third kappa shape index (κ3) is 4.71. The molecule has 6 nitrogen and oxygen atoms in total. The van der Waals surface area contributed by atoms with E-state index in [9.17, 15) is 21.6 Å². The van der Waals surface area contributed by atoms with Gasteiger partial charge >= 0.3 is 6.18 Å². The van der Waals surface area contributed by atoms with Gasteiger partial charge in [0.2, 0.25) is 0 Å². The number of nitrogens with one attached hydrogen (secondary N) is 2. The standard InChI is InChI=1S/C7H11F3N4O2S/c1-14(4-6-2-11-12-3-6)17(15,16)13-5-7(8,9)10/h2-3,13H,4-5H2,1H3,(H,11,12). The van der Waals surface area contributed by atoms with Crippen molar-refractivity contribution in [2.24, 2.45) is 0 Å². The van der Waals surface area contributed by atoms with E-state index in [0.717, 1.165) is 4.31 Å². The first-order valence-corrected chi connectivity index (χ1v) is 5.90. The molecule has 0 amide bonds. The number of aromatic amines is 1. The Morgan fingerprint density at radius 3 is 2.65 bits per heavy atom. The van der Waals surface area contributed by atoms with Gasteiger partial charge in [0.25, 0.3) is 10.2 Å². The van der Waals surface area contributed by atoms with E-state index in [1.165, 1.54) is 24.2 Å². The van der Waals surface area contributed by atoms with Gasteiger partial charge in [0.05, 0.1) is 6.20 Å². The maximum Gasteiger partial charge on any atom is 0.402 e. The number of nitrogens with zero attached hydrogens (tertiary/aromatic N) is 2. The Labute approximate surface area is 96.0 Å². The van der Waals surface area contributed by atoms with Gasteiger partial charge in [0.1, 0.15) is 6.54 Å².